The zero-order chi connectivity index (χ0) is 19.6. The van der Waals surface area contributed by atoms with E-state index < -0.39 is 10.0 Å². The smallest absolute Gasteiger partial charge is 0.242 e. The van der Waals surface area contributed by atoms with Crippen molar-refractivity contribution in [2.45, 2.75) is 31.1 Å². The minimum absolute atomic E-state index is 0.144. The van der Waals surface area contributed by atoms with Gasteiger partial charge in [0.2, 0.25) is 15.9 Å². The average molecular weight is 389 g/mol. The number of hydrogen-bond acceptors (Lipinski definition) is 6. The summed E-state index contributed by atoms with van der Waals surface area (Å²) in [5.41, 5.74) is 1.83. The molecular weight excluding hydrogens is 366 g/mol. The lowest BCUT2D eigenvalue weighted by molar-refractivity contribution is 0.359. The van der Waals surface area contributed by atoms with Gasteiger partial charge in [0.1, 0.15) is 0 Å². The van der Waals surface area contributed by atoms with E-state index in [2.05, 4.69) is 15.2 Å². The molecule has 0 spiro atoms. The molecule has 8 nitrogen and oxygen atoms in total. The molecule has 0 fully saturated rings. The number of aromatic nitrogens is 4. The summed E-state index contributed by atoms with van der Waals surface area (Å²) < 4.78 is 33.7. The second-order valence-corrected chi connectivity index (χ2v) is 8.69. The normalized spacial score (nSPS) is 12.2. The molecule has 0 unspecified atom stereocenters. The molecule has 0 aliphatic carbocycles. The van der Waals surface area contributed by atoms with Crippen LogP contribution < -0.4 is 0 Å². The van der Waals surface area contributed by atoms with Gasteiger partial charge < -0.3 is 4.52 Å². The topological polar surface area (TPSA) is 94.1 Å². The number of nitrogens with zero attached hydrogens (tertiary/aromatic N) is 5. The lowest BCUT2D eigenvalue weighted by atomic mass is 10.1. The number of hydrogen-bond donors (Lipinski definition) is 0. The van der Waals surface area contributed by atoms with Crippen LogP contribution in [0.2, 0.25) is 0 Å². The Balaban J connectivity index is 1.70. The maximum absolute atomic E-state index is 12.8. The Morgan fingerprint density at radius 2 is 1.89 bits per heavy atom. The molecule has 0 aliphatic heterocycles. The molecule has 3 rings (SSSR count). The van der Waals surface area contributed by atoms with Gasteiger partial charge in [-0.15, -0.1) is 0 Å². The fourth-order valence-electron chi connectivity index (χ4n) is 2.62. The molecule has 2 aromatic heterocycles. The third-order valence-corrected chi connectivity index (χ3v) is 6.18. The van der Waals surface area contributed by atoms with Gasteiger partial charge in [0.25, 0.3) is 0 Å². The molecule has 0 atom stereocenters. The lowest BCUT2D eigenvalue weighted by Crippen LogP contribution is -2.29. The maximum Gasteiger partial charge on any atom is 0.242 e. The Labute approximate surface area is 158 Å². The van der Waals surface area contributed by atoms with Crippen LogP contribution >= 0.6 is 0 Å². The number of aryl methyl sites for hydroxylation is 1. The molecule has 0 radical (unpaired) electrons. The molecule has 0 aliphatic rings. The molecule has 2 heterocycles. The number of likely N-dealkylation sites (N-methyl/N-ethyl adjacent to an activating group) is 1. The van der Waals surface area contributed by atoms with Crippen LogP contribution in [0.15, 0.2) is 45.9 Å². The Morgan fingerprint density at radius 1 is 1.19 bits per heavy atom. The summed E-state index contributed by atoms with van der Waals surface area (Å²) >= 11 is 0. The maximum atomic E-state index is 12.8. The predicted octanol–water partition coefficient (Wildman–Crippen LogP) is 2.46. The van der Waals surface area contributed by atoms with Gasteiger partial charge in [-0.05, 0) is 23.8 Å². The van der Waals surface area contributed by atoms with Gasteiger partial charge in [-0.25, -0.2) is 12.7 Å². The predicted molar refractivity (Wildman–Crippen MR) is 101 cm³/mol. The van der Waals surface area contributed by atoms with Crippen LogP contribution in [0.4, 0.5) is 0 Å². The summed E-state index contributed by atoms with van der Waals surface area (Å²) in [4.78, 5) is 4.52. The number of rotatable bonds is 7. The highest BCUT2D eigenvalue weighted by atomic mass is 32.2. The van der Waals surface area contributed by atoms with Crippen LogP contribution in [-0.4, -0.2) is 46.2 Å². The molecule has 144 valence electrons. The van der Waals surface area contributed by atoms with E-state index in [4.69, 9.17) is 4.52 Å². The van der Waals surface area contributed by atoms with Crippen LogP contribution in [-0.2, 0) is 23.5 Å². The molecule has 0 saturated heterocycles. The van der Waals surface area contributed by atoms with Crippen molar-refractivity contribution in [2.24, 2.45) is 7.05 Å². The monoisotopic (exact) mass is 389 g/mol. The van der Waals surface area contributed by atoms with E-state index in [0.717, 1.165) is 11.3 Å². The summed E-state index contributed by atoms with van der Waals surface area (Å²) in [7, 11) is -0.197. The Morgan fingerprint density at radius 3 is 2.44 bits per heavy atom. The Bertz CT molecular complexity index is 1010. The molecule has 0 amide bonds. The van der Waals surface area contributed by atoms with Crippen molar-refractivity contribution >= 4 is 10.0 Å². The summed E-state index contributed by atoms with van der Waals surface area (Å²) in [6.07, 6.45) is 2.09. The molecule has 27 heavy (non-hydrogen) atoms. The lowest BCUT2D eigenvalue weighted by Gasteiger charge is -2.16. The second-order valence-electron chi connectivity index (χ2n) is 6.64. The molecule has 1 aromatic carbocycles. The van der Waals surface area contributed by atoms with Gasteiger partial charge in [0.05, 0.1) is 10.6 Å². The third-order valence-electron chi connectivity index (χ3n) is 4.31. The quantitative estimate of drug-likeness (QED) is 0.616. The van der Waals surface area contributed by atoms with Gasteiger partial charge in [-0.2, -0.15) is 10.1 Å². The first-order valence-electron chi connectivity index (χ1n) is 8.66. The first kappa shape index (κ1) is 19.2. The van der Waals surface area contributed by atoms with Gasteiger partial charge in [-0.3, -0.25) is 4.68 Å². The van der Waals surface area contributed by atoms with Crippen molar-refractivity contribution in [3.63, 3.8) is 0 Å². The van der Waals surface area contributed by atoms with Crippen molar-refractivity contribution < 1.29 is 12.9 Å². The molecule has 3 aromatic rings. The first-order chi connectivity index (χ1) is 12.8. The first-order valence-corrected chi connectivity index (χ1v) is 10.1. The van der Waals surface area contributed by atoms with Crippen molar-refractivity contribution in [3.05, 3.63) is 48.2 Å². The molecular formula is C18H23N5O3S. The summed E-state index contributed by atoms with van der Waals surface area (Å²) in [6, 6.07) is 8.67. The zero-order valence-corrected chi connectivity index (χ0v) is 16.6. The number of benzene rings is 1. The summed E-state index contributed by atoms with van der Waals surface area (Å²) in [5.74, 6) is 1.21. The fraction of sp³-hybridized carbons (Fsp3) is 0.389. The molecule has 9 heteroatoms. The Kier molecular flexibility index (Phi) is 5.43. The molecule has 0 saturated carbocycles. The van der Waals surface area contributed by atoms with E-state index in [-0.39, 0.29) is 17.4 Å². The second kappa shape index (κ2) is 7.61. The van der Waals surface area contributed by atoms with E-state index in [1.165, 1.54) is 4.31 Å². The van der Waals surface area contributed by atoms with Crippen molar-refractivity contribution in [1.29, 1.82) is 0 Å². The molecule has 0 bridgehead atoms. The van der Waals surface area contributed by atoms with E-state index >= 15 is 0 Å². The average Bonchev–Trinajstić information content (AvgIpc) is 3.28. The fourth-order valence-corrected chi connectivity index (χ4v) is 3.79. The minimum atomic E-state index is -3.59. The molecule has 0 N–H and O–H groups in total. The highest BCUT2D eigenvalue weighted by Gasteiger charge is 2.21. The van der Waals surface area contributed by atoms with Gasteiger partial charge in [0.15, 0.2) is 5.82 Å². The minimum Gasteiger partial charge on any atom is -0.339 e. The standard InChI is InChI=1S/C18H23N5O3S/c1-13(2)18-20-17(21-26-18)10-12-22(3)27(24,25)15-7-5-14(6-8-15)16-9-11-19-23(16)4/h5-9,11,13H,10,12H2,1-4H3. The van der Waals surface area contributed by atoms with Gasteiger partial charge >= 0.3 is 0 Å². The highest BCUT2D eigenvalue weighted by molar-refractivity contribution is 7.89. The van der Waals surface area contributed by atoms with E-state index in [0.29, 0.717) is 18.1 Å². The van der Waals surface area contributed by atoms with E-state index in [1.807, 2.05) is 27.0 Å². The summed E-state index contributed by atoms with van der Waals surface area (Å²) in [5, 5.41) is 8.03. The van der Waals surface area contributed by atoms with Crippen LogP contribution in [0.5, 0.6) is 0 Å². The van der Waals surface area contributed by atoms with Crippen LogP contribution in [0.1, 0.15) is 31.5 Å². The van der Waals surface area contributed by atoms with Gasteiger partial charge in [-0.1, -0.05) is 31.1 Å². The van der Waals surface area contributed by atoms with Crippen LogP contribution in [0, 0.1) is 0 Å². The summed E-state index contributed by atoms with van der Waals surface area (Å²) in [6.45, 7) is 4.19. The Hall–Kier alpha value is -2.52. The largest absolute Gasteiger partial charge is 0.339 e. The SMILES string of the molecule is CC(C)c1nc(CCN(C)S(=O)(=O)c2ccc(-c3ccnn3C)cc2)no1. The highest BCUT2D eigenvalue weighted by Crippen LogP contribution is 2.22. The van der Waals surface area contributed by atoms with E-state index in [1.54, 1.807) is 42.2 Å². The third kappa shape index (κ3) is 4.09. The van der Waals surface area contributed by atoms with Crippen molar-refractivity contribution in [1.82, 2.24) is 24.2 Å². The number of sulfonamides is 1. The van der Waals surface area contributed by atoms with E-state index in [9.17, 15) is 8.42 Å². The van der Waals surface area contributed by atoms with Gasteiger partial charge in [0, 0.05) is 39.2 Å². The van der Waals surface area contributed by atoms with Crippen LogP contribution in [0.3, 0.4) is 0 Å². The van der Waals surface area contributed by atoms with Crippen molar-refractivity contribution in [2.75, 3.05) is 13.6 Å². The van der Waals surface area contributed by atoms with Crippen LogP contribution in [0.25, 0.3) is 11.3 Å². The van der Waals surface area contributed by atoms with Crippen molar-refractivity contribution in [3.8, 4) is 11.3 Å². The zero-order valence-electron chi connectivity index (χ0n) is 15.8.